The first-order valence-electron chi connectivity index (χ1n) is 6.74. The van der Waals surface area contributed by atoms with E-state index < -0.39 is 6.04 Å². The van der Waals surface area contributed by atoms with Gasteiger partial charge in [0.25, 0.3) is 0 Å². The molecule has 0 aliphatic carbocycles. The maximum absolute atomic E-state index is 9.47. The molecule has 5 nitrogen and oxygen atoms in total. The third-order valence-electron chi connectivity index (χ3n) is 3.23. The topological polar surface area (TPSA) is 63.5 Å². The Bertz CT molecular complexity index is 640. The van der Waals surface area contributed by atoms with E-state index in [2.05, 4.69) is 11.4 Å². The van der Waals surface area contributed by atoms with Crippen molar-refractivity contribution in [2.45, 2.75) is 6.04 Å². The van der Waals surface area contributed by atoms with Crippen LogP contribution in [0.15, 0.2) is 42.5 Å². The number of hydrogen-bond donors (Lipinski definition) is 1. The zero-order chi connectivity index (χ0) is 15.9. The molecule has 0 bridgehead atoms. The van der Waals surface area contributed by atoms with Crippen molar-refractivity contribution in [1.29, 1.82) is 5.26 Å². The van der Waals surface area contributed by atoms with E-state index in [1.165, 1.54) is 0 Å². The van der Waals surface area contributed by atoms with Gasteiger partial charge in [-0.1, -0.05) is 18.2 Å². The van der Waals surface area contributed by atoms with Crippen molar-refractivity contribution in [2.75, 3.05) is 26.6 Å². The van der Waals surface area contributed by atoms with E-state index in [1.54, 1.807) is 33.5 Å². The summed E-state index contributed by atoms with van der Waals surface area (Å²) >= 11 is 0. The highest BCUT2D eigenvalue weighted by molar-refractivity contribution is 5.57. The summed E-state index contributed by atoms with van der Waals surface area (Å²) in [5, 5.41) is 12.6. The average molecular weight is 298 g/mol. The molecule has 0 aliphatic heterocycles. The average Bonchev–Trinajstić information content (AvgIpc) is 2.59. The van der Waals surface area contributed by atoms with Crippen LogP contribution >= 0.6 is 0 Å². The van der Waals surface area contributed by atoms with Crippen molar-refractivity contribution in [3.05, 3.63) is 48.0 Å². The van der Waals surface area contributed by atoms with Crippen LogP contribution in [0.3, 0.4) is 0 Å². The number of nitriles is 1. The molecule has 0 heterocycles. The number of rotatable bonds is 6. The molecule has 0 amide bonds. The Labute approximate surface area is 130 Å². The summed E-state index contributed by atoms with van der Waals surface area (Å²) < 4.78 is 15.9. The lowest BCUT2D eigenvalue weighted by molar-refractivity contribution is 0.323. The number of nitrogens with one attached hydrogen (secondary N) is 1. The molecule has 2 aromatic rings. The van der Waals surface area contributed by atoms with Crippen LogP contribution in [0.4, 0.5) is 5.69 Å². The highest BCUT2D eigenvalue weighted by Crippen LogP contribution is 2.40. The van der Waals surface area contributed by atoms with Crippen molar-refractivity contribution in [2.24, 2.45) is 0 Å². The molecule has 0 radical (unpaired) electrons. The molecule has 1 atom stereocenters. The molecule has 1 unspecified atom stereocenters. The normalized spacial score (nSPS) is 11.2. The number of benzene rings is 2. The van der Waals surface area contributed by atoms with Crippen molar-refractivity contribution in [3.8, 4) is 23.3 Å². The second-order valence-corrected chi connectivity index (χ2v) is 4.53. The monoisotopic (exact) mass is 298 g/mol. The zero-order valence-corrected chi connectivity index (χ0v) is 12.8. The second kappa shape index (κ2) is 7.23. The third-order valence-corrected chi connectivity index (χ3v) is 3.23. The van der Waals surface area contributed by atoms with E-state index in [4.69, 9.17) is 14.2 Å². The van der Waals surface area contributed by atoms with E-state index in [0.29, 0.717) is 17.2 Å². The van der Waals surface area contributed by atoms with Crippen LogP contribution in [-0.4, -0.2) is 21.3 Å². The van der Waals surface area contributed by atoms with Gasteiger partial charge in [-0.3, -0.25) is 0 Å². The van der Waals surface area contributed by atoms with Crippen LogP contribution in [0.1, 0.15) is 11.6 Å². The minimum Gasteiger partial charge on any atom is -0.493 e. The van der Waals surface area contributed by atoms with Gasteiger partial charge in [0.05, 0.1) is 27.4 Å². The Morgan fingerprint density at radius 1 is 0.955 bits per heavy atom. The molecule has 5 heteroatoms. The standard InChI is InChI=1S/C17H18N2O3/c1-20-15-9-12(10-16(21-2)17(15)22-3)14(11-18)19-13-7-5-4-6-8-13/h4-10,14,19H,1-3H3. The smallest absolute Gasteiger partial charge is 0.203 e. The van der Waals surface area contributed by atoms with E-state index in [0.717, 1.165) is 11.3 Å². The Hall–Kier alpha value is -2.87. The molecular weight excluding hydrogens is 280 g/mol. The van der Waals surface area contributed by atoms with Gasteiger partial charge >= 0.3 is 0 Å². The Morgan fingerprint density at radius 2 is 1.55 bits per heavy atom. The minimum absolute atomic E-state index is 0.505. The van der Waals surface area contributed by atoms with Crippen LogP contribution in [0.5, 0.6) is 17.2 Å². The van der Waals surface area contributed by atoms with Gasteiger partial charge in [0.15, 0.2) is 11.5 Å². The van der Waals surface area contributed by atoms with Gasteiger partial charge in [0.1, 0.15) is 6.04 Å². The zero-order valence-electron chi connectivity index (χ0n) is 12.8. The lowest BCUT2D eigenvalue weighted by atomic mass is 10.1. The van der Waals surface area contributed by atoms with Gasteiger partial charge in [-0.15, -0.1) is 0 Å². The lowest BCUT2D eigenvalue weighted by Crippen LogP contribution is -2.09. The highest BCUT2D eigenvalue weighted by atomic mass is 16.5. The Balaban J connectivity index is 2.39. The van der Waals surface area contributed by atoms with Crippen LogP contribution < -0.4 is 19.5 Å². The molecule has 0 fully saturated rings. The maximum Gasteiger partial charge on any atom is 0.203 e. The second-order valence-electron chi connectivity index (χ2n) is 4.53. The predicted molar refractivity (Wildman–Crippen MR) is 84.5 cm³/mol. The number of hydrogen-bond acceptors (Lipinski definition) is 5. The third kappa shape index (κ3) is 3.23. The van der Waals surface area contributed by atoms with Crippen LogP contribution in [0, 0.1) is 11.3 Å². The molecule has 114 valence electrons. The van der Waals surface area contributed by atoms with Crippen LogP contribution in [0.2, 0.25) is 0 Å². The van der Waals surface area contributed by atoms with E-state index in [9.17, 15) is 5.26 Å². The lowest BCUT2D eigenvalue weighted by Gasteiger charge is -2.18. The summed E-state index contributed by atoms with van der Waals surface area (Å²) in [5.74, 6) is 1.55. The van der Waals surface area contributed by atoms with E-state index in [1.807, 2.05) is 30.3 Å². The summed E-state index contributed by atoms with van der Waals surface area (Å²) in [6, 6.07) is 14.8. The van der Waals surface area contributed by atoms with E-state index >= 15 is 0 Å². The van der Waals surface area contributed by atoms with Gasteiger partial charge < -0.3 is 19.5 Å². The number of para-hydroxylation sites is 1. The molecule has 0 saturated carbocycles. The summed E-state index contributed by atoms with van der Waals surface area (Å²) in [4.78, 5) is 0. The fourth-order valence-corrected chi connectivity index (χ4v) is 2.16. The molecule has 22 heavy (non-hydrogen) atoms. The van der Waals surface area contributed by atoms with Gasteiger partial charge in [-0.2, -0.15) is 5.26 Å². The number of anilines is 1. The largest absolute Gasteiger partial charge is 0.493 e. The number of nitrogens with zero attached hydrogens (tertiary/aromatic N) is 1. The minimum atomic E-state index is -0.531. The molecule has 0 saturated heterocycles. The number of methoxy groups -OCH3 is 3. The molecular formula is C17H18N2O3. The van der Waals surface area contributed by atoms with Crippen molar-refractivity contribution >= 4 is 5.69 Å². The van der Waals surface area contributed by atoms with Crippen LogP contribution in [-0.2, 0) is 0 Å². The van der Waals surface area contributed by atoms with Gasteiger partial charge in [-0.05, 0) is 29.8 Å². The fourth-order valence-electron chi connectivity index (χ4n) is 2.16. The van der Waals surface area contributed by atoms with E-state index in [-0.39, 0.29) is 0 Å². The fraction of sp³-hybridized carbons (Fsp3) is 0.235. The van der Waals surface area contributed by atoms with Gasteiger partial charge in [-0.25, -0.2) is 0 Å². The summed E-state index contributed by atoms with van der Waals surface area (Å²) in [6.07, 6.45) is 0. The van der Waals surface area contributed by atoms with Gasteiger partial charge in [0, 0.05) is 5.69 Å². The Morgan fingerprint density at radius 3 is 2.00 bits per heavy atom. The van der Waals surface area contributed by atoms with Gasteiger partial charge in [0.2, 0.25) is 5.75 Å². The number of ether oxygens (including phenoxy) is 3. The van der Waals surface area contributed by atoms with Crippen molar-refractivity contribution < 1.29 is 14.2 Å². The molecule has 0 aromatic heterocycles. The van der Waals surface area contributed by atoms with Crippen molar-refractivity contribution in [3.63, 3.8) is 0 Å². The Kier molecular flexibility index (Phi) is 5.10. The SMILES string of the molecule is COc1cc(C(C#N)Nc2ccccc2)cc(OC)c1OC. The molecule has 0 spiro atoms. The first-order valence-corrected chi connectivity index (χ1v) is 6.74. The molecule has 0 aliphatic rings. The first-order chi connectivity index (χ1) is 10.7. The molecule has 2 aromatic carbocycles. The highest BCUT2D eigenvalue weighted by Gasteiger charge is 2.18. The molecule has 1 N–H and O–H groups in total. The maximum atomic E-state index is 9.47. The predicted octanol–water partition coefficient (Wildman–Crippen LogP) is 3.39. The first kappa shape index (κ1) is 15.5. The summed E-state index contributed by atoms with van der Waals surface area (Å²) in [5.41, 5.74) is 1.60. The summed E-state index contributed by atoms with van der Waals surface area (Å²) in [7, 11) is 4.64. The molecule has 2 rings (SSSR count). The quantitative estimate of drug-likeness (QED) is 0.885. The van der Waals surface area contributed by atoms with Crippen LogP contribution in [0.25, 0.3) is 0 Å². The van der Waals surface area contributed by atoms with Crippen molar-refractivity contribution in [1.82, 2.24) is 0 Å². The summed E-state index contributed by atoms with van der Waals surface area (Å²) in [6.45, 7) is 0.